The van der Waals surface area contributed by atoms with Crippen LogP contribution in [0.4, 0.5) is 0 Å². The zero-order valence-corrected chi connectivity index (χ0v) is 14.6. The van der Waals surface area contributed by atoms with Crippen LogP contribution < -0.4 is 5.32 Å². The van der Waals surface area contributed by atoms with E-state index in [1.54, 1.807) is 7.05 Å². The highest BCUT2D eigenvalue weighted by Crippen LogP contribution is 2.82. The molecule has 0 aromatic heterocycles. The van der Waals surface area contributed by atoms with Gasteiger partial charge in [-0.15, -0.1) is 0 Å². The summed E-state index contributed by atoms with van der Waals surface area (Å²) in [4.78, 5) is 14.4. The molecule has 5 heteroatoms. The highest BCUT2D eigenvalue weighted by molar-refractivity contribution is 6.07. The molecule has 1 spiro atoms. The molecule has 0 radical (unpaired) electrons. The Balaban J connectivity index is 1.30. The molecule has 1 aliphatic heterocycles. The number of nitrogens with one attached hydrogen (secondary N) is 2. The summed E-state index contributed by atoms with van der Waals surface area (Å²) in [6.45, 7) is 0.449. The molecule has 2 N–H and O–H groups in total. The van der Waals surface area contributed by atoms with Crippen molar-refractivity contribution in [3.05, 3.63) is 0 Å². The maximum absolute atomic E-state index is 12.9. The highest BCUT2D eigenvalue weighted by Gasteiger charge is 2.81. The van der Waals surface area contributed by atoms with Crippen LogP contribution in [-0.2, 0) is 9.53 Å². The van der Waals surface area contributed by atoms with Gasteiger partial charge in [0.1, 0.15) is 5.54 Å². The molecular weight excluding hydrogens is 302 g/mol. The molecule has 0 aromatic rings. The molecule has 0 bridgehead atoms. The molecule has 1 heterocycles. The molecule has 5 fully saturated rings. The summed E-state index contributed by atoms with van der Waals surface area (Å²) in [5.41, 5.74) is -0.168. The van der Waals surface area contributed by atoms with Gasteiger partial charge in [-0.3, -0.25) is 15.1 Å². The normalized spacial score (nSPS) is 46.7. The summed E-state index contributed by atoms with van der Waals surface area (Å²) in [7, 11) is 1.71. The van der Waals surface area contributed by atoms with Gasteiger partial charge < -0.3 is 10.1 Å². The van der Waals surface area contributed by atoms with Crippen LogP contribution in [0.1, 0.15) is 57.8 Å². The zero-order valence-electron chi connectivity index (χ0n) is 14.6. The van der Waals surface area contributed by atoms with E-state index in [-0.39, 0.29) is 11.9 Å². The first kappa shape index (κ1) is 15.2. The maximum atomic E-state index is 12.9. The number of ether oxygens (including phenoxy) is 1. The molecule has 1 amide bonds. The summed E-state index contributed by atoms with van der Waals surface area (Å²) in [5.74, 6) is 2.54. The fraction of sp³-hybridized carbons (Fsp3) is 0.895. The third-order valence-electron chi connectivity index (χ3n) is 7.78. The van der Waals surface area contributed by atoms with Crippen LogP contribution >= 0.6 is 0 Å². The van der Waals surface area contributed by atoms with Gasteiger partial charge in [-0.1, -0.05) is 32.1 Å². The number of carbonyl (C=O) groups excluding carboxylic acids is 1. The molecule has 5 rings (SSSR count). The van der Waals surface area contributed by atoms with E-state index in [1.807, 2.05) is 0 Å². The van der Waals surface area contributed by atoms with Crippen molar-refractivity contribution in [1.29, 1.82) is 5.41 Å². The molecule has 5 nitrogen and oxygen atoms in total. The largest absolute Gasteiger partial charge is 0.374 e. The van der Waals surface area contributed by atoms with E-state index < -0.39 is 5.54 Å². The van der Waals surface area contributed by atoms with Crippen molar-refractivity contribution in [2.24, 2.45) is 23.2 Å². The second-order valence-corrected chi connectivity index (χ2v) is 9.06. The molecule has 0 aromatic carbocycles. The van der Waals surface area contributed by atoms with E-state index in [1.165, 1.54) is 56.3 Å². The van der Waals surface area contributed by atoms with Gasteiger partial charge in [-0.25, -0.2) is 0 Å². The van der Waals surface area contributed by atoms with Crippen LogP contribution in [-0.4, -0.2) is 42.1 Å². The van der Waals surface area contributed by atoms with Crippen LogP contribution in [0.3, 0.4) is 0 Å². The first-order valence-corrected chi connectivity index (χ1v) is 9.83. The van der Waals surface area contributed by atoms with Gasteiger partial charge in [0.05, 0.1) is 12.7 Å². The SMILES string of the molecule is CN1C(=N)NC(CO[C@@H]2C3CCC4CC432)(CC2CCCCC2)C1=O. The quantitative estimate of drug-likeness (QED) is 0.813. The fourth-order valence-corrected chi connectivity index (χ4v) is 6.31. The van der Waals surface area contributed by atoms with Crippen molar-refractivity contribution in [1.82, 2.24) is 10.2 Å². The molecule has 4 unspecified atom stereocenters. The van der Waals surface area contributed by atoms with E-state index in [2.05, 4.69) is 5.32 Å². The van der Waals surface area contributed by atoms with Crippen LogP contribution in [0, 0.1) is 28.6 Å². The minimum Gasteiger partial charge on any atom is -0.374 e. The Morgan fingerprint density at radius 2 is 2.04 bits per heavy atom. The molecule has 132 valence electrons. The lowest BCUT2D eigenvalue weighted by Crippen LogP contribution is -2.52. The number of nitrogens with zero attached hydrogens (tertiary/aromatic N) is 1. The Labute approximate surface area is 144 Å². The summed E-state index contributed by atoms with van der Waals surface area (Å²) >= 11 is 0. The molecule has 5 aliphatic rings. The first-order chi connectivity index (χ1) is 11.6. The Morgan fingerprint density at radius 3 is 2.62 bits per heavy atom. The molecule has 1 saturated heterocycles. The summed E-state index contributed by atoms with van der Waals surface area (Å²) < 4.78 is 6.35. The van der Waals surface area contributed by atoms with E-state index in [4.69, 9.17) is 10.1 Å². The first-order valence-electron chi connectivity index (χ1n) is 9.83. The predicted octanol–water partition coefficient (Wildman–Crippen LogP) is 2.51. The van der Waals surface area contributed by atoms with E-state index in [9.17, 15) is 4.79 Å². The summed E-state index contributed by atoms with van der Waals surface area (Å²) in [5, 5.41) is 11.3. The van der Waals surface area contributed by atoms with Crippen LogP contribution in [0.5, 0.6) is 0 Å². The topological polar surface area (TPSA) is 65.4 Å². The minimum absolute atomic E-state index is 0.0359. The third kappa shape index (κ3) is 1.97. The van der Waals surface area contributed by atoms with Crippen molar-refractivity contribution in [3.63, 3.8) is 0 Å². The average molecular weight is 331 g/mol. The molecule has 24 heavy (non-hydrogen) atoms. The maximum Gasteiger partial charge on any atom is 0.257 e. The van der Waals surface area contributed by atoms with Gasteiger partial charge in [0.25, 0.3) is 5.91 Å². The average Bonchev–Trinajstić information content (AvgIpc) is 3.41. The molecular formula is C19H29N3O2. The molecule has 4 saturated carbocycles. The van der Waals surface area contributed by atoms with Crippen molar-refractivity contribution in [2.45, 2.75) is 69.4 Å². The highest BCUT2D eigenvalue weighted by atomic mass is 16.5. The zero-order chi connectivity index (χ0) is 16.5. The lowest BCUT2D eigenvalue weighted by molar-refractivity contribution is -0.134. The Bertz CT molecular complexity index is 587. The van der Waals surface area contributed by atoms with Crippen molar-refractivity contribution in [3.8, 4) is 0 Å². The van der Waals surface area contributed by atoms with Gasteiger partial charge in [0.2, 0.25) is 0 Å². The molecule has 4 aliphatic carbocycles. The van der Waals surface area contributed by atoms with Gasteiger partial charge >= 0.3 is 0 Å². The number of likely N-dealkylation sites (N-methyl/N-ethyl adjacent to an activating group) is 1. The number of rotatable bonds is 5. The van der Waals surface area contributed by atoms with Crippen LogP contribution in [0.2, 0.25) is 0 Å². The smallest absolute Gasteiger partial charge is 0.257 e. The van der Waals surface area contributed by atoms with E-state index >= 15 is 0 Å². The Hall–Kier alpha value is -1.10. The Kier molecular flexibility index (Phi) is 3.14. The van der Waals surface area contributed by atoms with Gasteiger partial charge in [0.15, 0.2) is 5.96 Å². The predicted molar refractivity (Wildman–Crippen MR) is 90.6 cm³/mol. The monoisotopic (exact) mass is 331 g/mol. The number of amides is 1. The Morgan fingerprint density at radius 1 is 1.25 bits per heavy atom. The van der Waals surface area contributed by atoms with Crippen LogP contribution in [0.15, 0.2) is 0 Å². The summed E-state index contributed by atoms with van der Waals surface area (Å²) in [6, 6.07) is 0. The number of hydrogen-bond donors (Lipinski definition) is 2. The lowest BCUT2D eigenvalue weighted by Gasteiger charge is -2.33. The number of guanidine groups is 1. The second-order valence-electron chi connectivity index (χ2n) is 9.06. The second kappa shape index (κ2) is 4.96. The van der Waals surface area contributed by atoms with Gasteiger partial charge in [0, 0.05) is 12.5 Å². The van der Waals surface area contributed by atoms with Crippen molar-refractivity contribution < 1.29 is 9.53 Å². The van der Waals surface area contributed by atoms with Gasteiger partial charge in [-0.05, 0) is 43.4 Å². The standard InChI is InChI=1S/C19H29N3O2/c1-22-16(23)18(21-17(22)20,9-12-5-3-2-4-6-12)11-24-15-14-8-7-13-10-19(13,14)15/h12-15H,2-11H2,1H3,(H2,20,21)/t13?,14?,15-,18?,19?/m1/s1. The minimum atomic E-state index is -0.689. The van der Waals surface area contributed by atoms with Gasteiger partial charge in [-0.2, -0.15) is 0 Å². The van der Waals surface area contributed by atoms with Crippen molar-refractivity contribution in [2.75, 3.05) is 13.7 Å². The van der Waals surface area contributed by atoms with Crippen molar-refractivity contribution >= 4 is 11.9 Å². The van der Waals surface area contributed by atoms with E-state index in [0.717, 1.165) is 18.3 Å². The number of hydrogen-bond acceptors (Lipinski definition) is 3. The lowest BCUT2D eigenvalue weighted by atomic mass is 9.79. The number of carbonyl (C=O) groups is 1. The fourth-order valence-electron chi connectivity index (χ4n) is 6.31. The van der Waals surface area contributed by atoms with Crippen LogP contribution in [0.25, 0.3) is 0 Å². The molecule has 5 atom stereocenters. The van der Waals surface area contributed by atoms with E-state index in [0.29, 0.717) is 24.0 Å². The summed E-state index contributed by atoms with van der Waals surface area (Å²) in [6.07, 6.45) is 11.6. The third-order valence-corrected chi connectivity index (χ3v) is 7.78.